The smallest absolute Gasteiger partial charge is 0.251 e. The monoisotopic (exact) mass is 323 g/mol. The summed E-state index contributed by atoms with van der Waals surface area (Å²) in [4.78, 5) is 23.7. The van der Waals surface area contributed by atoms with Crippen LogP contribution in [0.25, 0.3) is 22.2 Å². The first-order valence-corrected chi connectivity index (χ1v) is 7.69. The second-order valence-electron chi connectivity index (χ2n) is 5.25. The van der Waals surface area contributed by atoms with Gasteiger partial charge < -0.3 is 15.2 Å². The van der Waals surface area contributed by atoms with E-state index in [1.807, 2.05) is 37.3 Å². The molecule has 2 amide bonds. The molecule has 1 heterocycles. The summed E-state index contributed by atoms with van der Waals surface area (Å²) in [5.74, 6) is 0.0780. The van der Waals surface area contributed by atoms with Crippen molar-refractivity contribution in [2.75, 3.05) is 13.1 Å². The average molecular weight is 323 g/mol. The predicted octanol–water partition coefficient (Wildman–Crippen LogP) is 2.36. The maximum Gasteiger partial charge on any atom is 0.251 e. The highest BCUT2D eigenvalue weighted by atomic mass is 16.5. The number of benzene rings is 2. The minimum atomic E-state index is -0.316. The zero-order valence-electron chi connectivity index (χ0n) is 13.2. The molecule has 1 aromatic heterocycles. The molecule has 0 aliphatic rings. The fourth-order valence-corrected chi connectivity index (χ4v) is 2.40. The topological polar surface area (TPSA) is 84.2 Å². The Bertz CT molecular complexity index is 872. The van der Waals surface area contributed by atoms with E-state index in [1.165, 1.54) is 0 Å². The van der Waals surface area contributed by atoms with Gasteiger partial charge in [-0.1, -0.05) is 35.5 Å². The molecular formula is C18H17N3O3. The van der Waals surface area contributed by atoms with E-state index in [4.69, 9.17) is 4.52 Å². The van der Waals surface area contributed by atoms with Crippen LogP contribution in [0.15, 0.2) is 53.1 Å². The molecule has 0 saturated carbocycles. The summed E-state index contributed by atoms with van der Waals surface area (Å²) >= 11 is 0. The summed E-state index contributed by atoms with van der Waals surface area (Å²) in [6.45, 7) is 2.30. The molecule has 24 heavy (non-hydrogen) atoms. The van der Waals surface area contributed by atoms with Crippen LogP contribution < -0.4 is 10.6 Å². The van der Waals surface area contributed by atoms with Gasteiger partial charge in [-0.25, -0.2) is 0 Å². The van der Waals surface area contributed by atoms with Gasteiger partial charge in [0.1, 0.15) is 5.52 Å². The van der Waals surface area contributed by atoms with Gasteiger partial charge in [0.2, 0.25) is 5.91 Å². The van der Waals surface area contributed by atoms with Crippen molar-refractivity contribution in [3.05, 3.63) is 54.1 Å². The van der Waals surface area contributed by atoms with E-state index >= 15 is 0 Å². The SMILES string of the molecule is CCNC(=O)CNC(=O)c1ccc2noc(-c3ccccc3)c2c1. The third-order valence-corrected chi connectivity index (χ3v) is 3.56. The van der Waals surface area contributed by atoms with Crippen molar-refractivity contribution < 1.29 is 14.1 Å². The van der Waals surface area contributed by atoms with E-state index in [0.29, 0.717) is 23.4 Å². The van der Waals surface area contributed by atoms with Crippen LogP contribution in [-0.2, 0) is 4.79 Å². The van der Waals surface area contributed by atoms with Crippen LogP contribution in [0.3, 0.4) is 0 Å². The van der Waals surface area contributed by atoms with Crippen LogP contribution in [0.4, 0.5) is 0 Å². The summed E-state index contributed by atoms with van der Waals surface area (Å²) in [5, 5.41) is 10.0. The Labute approximate surface area is 138 Å². The Hall–Kier alpha value is -3.15. The third kappa shape index (κ3) is 3.27. The molecule has 0 bridgehead atoms. The fraction of sp³-hybridized carbons (Fsp3) is 0.167. The van der Waals surface area contributed by atoms with Crippen molar-refractivity contribution in [1.29, 1.82) is 0 Å². The highest BCUT2D eigenvalue weighted by Gasteiger charge is 2.14. The first-order valence-electron chi connectivity index (χ1n) is 7.69. The first kappa shape index (κ1) is 15.7. The number of fused-ring (bicyclic) bond motifs is 1. The minimum Gasteiger partial charge on any atom is -0.355 e. The highest BCUT2D eigenvalue weighted by Crippen LogP contribution is 2.29. The number of rotatable bonds is 5. The number of nitrogens with one attached hydrogen (secondary N) is 2. The van der Waals surface area contributed by atoms with Crippen LogP contribution in [0, 0.1) is 0 Å². The number of carbonyl (C=O) groups is 2. The van der Waals surface area contributed by atoms with Crippen LogP contribution in [0.1, 0.15) is 17.3 Å². The van der Waals surface area contributed by atoms with Gasteiger partial charge in [-0.3, -0.25) is 9.59 Å². The number of hydrogen-bond acceptors (Lipinski definition) is 4. The van der Waals surface area contributed by atoms with Gasteiger partial charge in [0.25, 0.3) is 5.91 Å². The molecule has 0 saturated heterocycles. The van der Waals surface area contributed by atoms with E-state index in [-0.39, 0.29) is 18.4 Å². The van der Waals surface area contributed by atoms with Crippen molar-refractivity contribution in [2.45, 2.75) is 6.92 Å². The summed E-state index contributed by atoms with van der Waals surface area (Å²) in [6.07, 6.45) is 0. The molecule has 0 atom stereocenters. The molecule has 3 rings (SSSR count). The molecule has 0 unspecified atom stereocenters. The summed E-state index contributed by atoms with van der Waals surface area (Å²) < 4.78 is 5.42. The predicted molar refractivity (Wildman–Crippen MR) is 90.5 cm³/mol. The zero-order valence-corrected chi connectivity index (χ0v) is 13.2. The van der Waals surface area contributed by atoms with E-state index in [1.54, 1.807) is 18.2 Å². The number of likely N-dealkylation sites (N-methyl/N-ethyl adjacent to an activating group) is 1. The Morgan fingerprint density at radius 1 is 1.08 bits per heavy atom. The third-order valence-electron chi connectivity index (χ3n) is 3.56. The van der Waals surface area contributed by atoms with Crippen molar-refractivity contribution in [2.24, 2.45) is 0 Å². The van der Waals surface area contributed by atoms with Crippen molar-refractivity contribution >= 4 is 22.7 Å². The van der Waals surface area contributed by atoms with Gasteiger partial charge in [0.05, 0.1) is 11.9 Å². The highest BCUT2D eigenvalue weighted by molar-refractivity contribution is 6.01. The fourth-order valence-electron chi connectivity index (χ4n) is 2.40. The van der Waals surface area contributed by atoms with E-state index in [2.05, 4.69) is 15.8 Å². The lowest BCUT2D eigenvalue weighted by Crippen LogP contribution is -2.36. The molecule has 0 aliphatic heterocycles. The Kier molecular flexibility index (Phi) is 4.56. The van der Waals surface area contributed by atoms with E-state index in [9.17, 15) is 9.59 Å². The van der Waals surface area contributed by atoms with Crippen LogP contribution in [0.5, 0.6) is 0 Å². The summed E-state index contributed by atoms with van der Waals surface area (Å²) in [6, 6.07) is 14.7. The van der Waals surface area contributed by atoms with E-state index in [0.717, 1.165) is 10.9 Å². The number of hydrogen-bond donors (Lipinski definition) is 2. The van der Waals surface area contributed by atoms with Crippen LogP contribution in [-0.4, -0.2) is 30.1 Å². The molecule has 0 fully saturated rings. The zero-order chi connectivity index (χ0) is 16.9. The molecule has 122 valence electrons. The molecular weight excluding hydrogens is 306 g/mol. The van der Waals surface area contributed by atoms with Gasteiger partial charge in [0, 0.05) is 17.7 Å². The number of nitrogens with zero attached hydrogens (tertiary/aromatic N) is 1. The molecule has 0 aliphatic carbocycles. The van der Waals surface area contributed by atoms with Crippen LogP contribution >= 0.6 is 0 Å². The van der Waals surface area contributed by atoms with Crippen molar-refractivity contribution in [1.82, 2.24) is 15.8 Å². The lowest BCUT2D eigenvalue weighted by Gasteiger charge is -2.05. The Morgan fingerprint density at radius 2 is 1.88 bits per heavy atom. The lowest BCUT2D eigenvalue weighted by molar-refractivity contribution is -0.120. The molecule has 2 aromatic carbocycles. The quantitative estimate of drug-likeness (QED) is 0.755. The van der Waals surface area contributed by atoms with Crippen LogP contribution in [0.2, 0.25) is 0 Å². The van der Waals surface area contributed by atoms with Gasteiger partial charge in [-0.15, -0.1) is 0 Å². The molecule has 2 N–H and O–H groups in total. The Balaban J connectivity index is 1.85. The van der Waals surface area contributed by atoms with Gasteiger partial charge in [-0.05, 0) is 25.1 Å². The summed E-state index contributed by atoms with van der Waals surface area (Å²) in [7, 11) is 0. The number of aromatic nitrogens is 1. The van der Waals surface area contributed by atoms with Gasteiger partial charge in [-0.2, -0.15) is 0 Å². The molecule has 6 heteroatoms. The molecule has 0 spiro atoms. The minimum absolute atomic E-state index is 0.0557. The van der Waals surface area contributed by atoms with Crippen molar-refractivity contribution in [3.63, 3.8) is 0 Å². The lowest BCUT2D eigenvalue weighted by atomic mass is 10.1. The number of carbonyl (C=O) groups excluding carboxylic acids is 2. The standard InChI is InChI=1S/C18H17N3O3/c1-2-19-16(22)11-20-18(23)13-8-9-15-14(10-13)17(24-21-15)12-6-4-3-5-7-12/h3-10H,2,11H2,1H3,(H,19,22)(H,20,23). The first-order chi connectivity index (χ1) is 11.7. The Morgan fingerprint density at radius 3 is 2.62 bits per heavy atom. The largest absolute Gasteiger partial charge is 0.355 e. The van der Waals surface area contributed by atoms with Gasteiger partial charge >= 0.3 is 0 Å². The second kappa shape index (κ2) is 6.95. The number of amides is 2. The average Bonchev–Trinajstić information content (AvgIpc) is 3.04. The normalized spacial score (nSPS) is 10.5. The molecule has 3 aromatic rings. The van der Waals surface area contributed by atoms with Gasteiger partial charge in [0.15, 0.2) is 5.76 Å². The van der Waals surface area contributed by atoms with E-state index < -0.39 is 0 Å². The van der Waals surface area contributed by atoms with Crippen molar-refractivity contribution in [3.8, 4) is 11.3 Å². The maximum absolute atomic E-state index is 12.2. The summed E-state index contributed by atoms with van der Waals surface area (Å²) in [5.41, 5.74) is 2.01. The molecule has 6 nitrogen and oxygen atoms in total. The maximum atomic E-state index is 12.2. The second-order valence-corrected chi connectivity index (χ2v) is 5.25. The molecule has 0 radical (unpaired) electrons.